The van der Waals surface area contributed by atoms with Crippen LogP contribution in [-0.4, -0.2) is 29.1 Å². The van der Waals surface area contributed by atoms with Crippen molar-refractivity contribution in [3.63, 3.8) is 0 Å². The van der Waals surface area contributed by atoms with Gasteiger partial charge in [-0.1, -0.05) is 19.8 Å². The van der Waals surface area contributed by atoms with Gasteiger partial charge in [-0.25, -0.2) is 4.79 Å². The Bertz CT molecular complexity index is 306. The maximum Gasteiger partial charge on any atom is 0.326 e. The van der Waals surface area contributed by atoms with Gasteiger partial charge < -0.3 is 16.2 Å². The van der Waals surface area contributed by atoms with Crippen molar-refractivity contribution in [3.05, 3.63) is 0 Å². The molecule has 0 aromatic rings. The zero-order valence-corrected chi connectivity index (χ0v) is 10.5. The summed E-state index contributed by atoms with van der Waals surface area (Å²) in [5.41, 5.74) is 5.32. The largest absolute Gasteiger partial charge is 0.480 e. The lowest BCUT2D eigenvalue weighted by atomic mass is 9.84. The van der Waals surface area contributed by atoms with E-state index in [0.717, 1.165) is 25.7 Å². The number of amides is 1. The highest BCUT2D eigenvalue weighted by atomic mass is 16.4. The van der Waals surface area contributed by atoms with E-state index in [1.807, 2.05) is 13.8 Å². The van der Waals surface area contributed by atoms with Crippen LogP contribution in [0.5, 0.6) is 0 Å². The minimum absolute atomic E-state index is 0.168. The SMILES string of the molecule is CCC[C@@H](NC(=O)C1(C)CCCC1N)C(=O)O. The van der Waals surface area contributed by atoms with Crippen molar-refractivity contribution in [2.24, 2.45) is 11.1 Å². The molecule has 3 atom stereocenters. The molecule has 1 aliphatic rings. The molecule has 5 nitrogen and oxygen atoms in total. The molecule has 0 heterocycles. The number of hydrogen-bond donors (Lipinski definition) is 3. The second-order valence-electron chi connectivity index (χ2n) is 5.07. The van der Waals surface area contributed by atoms with Crippen molar-refractivity contribution >= 4 is 11.9 Å². The molecule has 1 fully saturated rings. The smallest absolute Gasteiger partial charge is 0.326 e. The number of nitrogens with two attached hydrogens (primary N) is 1. The second kappa shape index (κ2) is 5.49. The average Bonchev–Trinajstić information content (AvgIpc) is 2.59. The molecule has 4 N–H and O–H groups in total. The summed E-state index contributed by atoms with van der Waals surface area (Å²) in [5.74, 6) is -1.20. The lowest BCUT2D eigenvalue weighted by Gasteiger charge is -2.29. The highest BCUT2D eigenvalue weighted by Crippen LogP contribution is 2.36. The van der Waals surface area contributed by atoms with Gasteiger partial charge in [0.05, 0.1) is 5.41 Å². The number of carboxylic acids is 1. The fourth-order valence-electron chi connectivity index (χ4n) is 2.34. The van der Waals surface area contributed by atoms with Gasteiger partial charge in [0.15, 0.2) is 0 Å². The molecular formula is C12H22N2O3. The third-order valence-corrected chi connectivity index (χ3v) is 3.73. The topological polar surface area (TPSA) is 92.4 Å². The van der Waals surface area contributed by atoms with E-state index in [0.29, 0.717) is 6.42 Å². The Morgan fingerprint density at radius 2 is 2.24 bits per heavy atom. The highest BCUT2D eigenvalue weighted by Gasteiger charge is 2.43. The second-order valence-corrected chi connectivity index (χ2v) is 5.07. The molecule has 0 radical (unpaired) electrons. The van der Waals surface area contributed by atoms with Gasteiger partial charge in [-0.2, -0.15) is 0 Å². The molecule has 1 amide bonds. The van der Waals surface area contributed by atoms with E-state index < -0.39 is 17.4 Å². The van der Waals surface area contributed by atoms with Gasteiger partial charge in [-0.15, -0.1) is 0 Å². The fraction of sp³-hybridized carbons (Fsp3) is 0.833. The molecule has 1 aliphatic carbocycles. The third kappa shape index (κ3) is 2.97. The summed E-state index contributed by atoms with van der Waals surface area (Å²) in [5, 5.41) is 11.6. The standard InChI is InChI=1S/C12H22N2O3/c1-3-5-8(10(15)16)14-11(17)12(2)7-4-6-9(12)13/h8-9H,3-7,13H2,1-2H3,(H,14,17)(H,15,16)/t8-,9?,12?/m1/s1. The van der Waals surface area contributed by atoms with Crippen molar-refractivity contribution in [3.8, 4) is 0 Å². The van der Waals surface area contributed by atoms with Crippen LogP contribution >= 0.6 is 0 Å². The number of carbonyl (C=O) groups excluding carboxylic acids is 1. The first-order valence-corrected chi connectivity index (χ1v) is 6.21. The van der Waals surface area contributed by atoms with Crippen LogP contribution in [0.15, 0.2) is 0 Å². The molecule has 2 unspecified atom stereocenters. The van der Waals surface area contributed by atoms with Gasteiger partial charge in [0.1, 0.15) is 6.04 Å². The number of hydrogen-bond acceptors (Lipinski definition) is 3. The first-order chi connectivity index (χ1) is 7.91. The van der Waals surface area contributed by atoms with E-state index in [2.05, 4.69) is 5.32 Å². The molecule has 0 saturated heterocycles. The Labute approximate surface area is 102 Å². The van der Waals surface area contributed by atoms with Crippen molar-refractivity contribution in [2.45, 2.75) is 58.0 Å². The van der Waals surface area contributed by atoms with Crippen molar-refractivity contribution in [2.75, 3.05) is 0 Å². The fourth-order valence-corrected chi connectivity index (χ4v) is 2.34. The zero-order valence-electron chi connectivity index (χ0n) is 10.5. The third-order valence-electron chi connectivity index (χ3n) is 3.73. The number of carbonyl (C=O) groups is 2. The van der Waals surface area contributed by atoms with Crippen LogP contribution in [0.3, 0.4) is 0 Å². The van der Waals surface area contributed by atoms with E-state index in [9.17, 15) is 9.59 Å². The van der Waals surface area contributed by atoms with E-state index in [-0.39, 0.29) is 11.9 Å². The summed E-state index contributed by atoms with van der Waals surface area (Å²) in [6, 6.07) is -0.962. The minimum Gasteiger partial charge on any atom is -0.480 e. The Kier molecular flexibility index (Phi) is 4.51. The van der Waals surface area contributed by atoms with Crippen LogP contribution < -0.4 is 11.1 Å². The van der Waals surface area contributed by atoms with Crippen LogP contribution in [0, 0.1) is 5.41 Å². The highest BCUT2D eigenvalue weighted by molar-refractivity contribution is 5.88. The van der Waals surface area contributed by atoms with Crippen LogP contribution in [0.4, 0.5) is 0 Å². The molecule has 0 spiro atoms. The van der Waals surface area contributed by atoms with E-state index in [1.165, 1.54) is 0 Å². The Hall–Kier alpha value is -1.10. The summed E-state index contributed by atoms with van der Waals surface area (Å²) in [6.07, 6.45) is 3.66. The molecule has 5 heteroatoms. The van der Waals surface area contributed by atoms with Crippen LogP contribution in [0.25, 0.3) is 0 Å². The van der Waals surface area contributed by atoms with Gasteiger partial charge in [-0.3, -0.25) is 4.79 Å². The number of rotatable bonds is 5. The predicted molar refractivity (Wildman–Crippen MR) is 64.4 cm³/mol. The lowest BCUT2D eigenvalue weighted by molar-refractivity contribution is -0.144. The Morgan fingerprint density at radius 1 is 1.59 bits per heavy atom. The maximum absolute atomic E-state index is 12.1. The molecule has 0 aliphatic heterocycles. The van der Waals surface area contributed by atoms with E-state index in [4.69, 9.17) is 10.8 Å². The number of aliphatic carboxylic acids is 1. The zero-order chi connectivity index (χ0) is 13.1. The van der Waals surface area contributed by atoms with Gasteiger partial charge in [0.25, 0.3) is 0 Å². The summed E-state index contributed by atoms with van der Waals surface area (Å²) in [4.78, 5) is 23.1. The average molecular weight is 242 g/mol. The summed E-state index contributed by atoms with van der Waals surface area (Å²) in [7, 11) is 0. The predicted octanol–water partition coefficient (Wildman–Crippen LogP) is 0.873. The molecular weight excluding hydrogens is 220 g/mol. The van der Waals surface area contributed by atoms with Gasteiger partial charge in [-0.05, 0) is 26.2 Å². The van der Waals surface area contributed by atoms with Crippen LogP contribution in [-0.2, 0) is 9.59 Å². The maximum atomic E-state index is 12.1. The van der Waals surface area contributed by atoms with E-state index >= 15 is 0 Å². The van der Waals surface area contributed by atoms with E-state index in [1.54, 1.807) is 0 Å². The van der Waals surface area contributed by atoms with Gasteiger partial charge >= 0.3 is 5.97 Å². The first kappa shape index (κ1) is 14.0. The summed E-state index contributed by atoms with van der Waals surface area (Å²) >= 11 is 0. The first-order valence-electron chi connectivity index (χ1n) is 6.21. The van der Waals surface area contributed by atoms with Crippen molar-refractivity contribution in [1.29, 1.82) is 0 Å². The summed E-state index contributed by atoms with van der Waals surface area (Å²) < 4.78 is 0. The van der Waals surface area contributed by atoms with Crippen molar-refractivity contribution in [1.82, 2.24) is 5.32 Å². The molecule has 1 rings (SSSR count). The number of carboxylic acid groups (broad SMARTS) is 1. The minimum atomic E-state index is -0.977. The molecule has 98 valence electrons. The van der Waals surface area contributed by atoms with Crippen LogP contribution in [0.1, 0.15) is 46.0 Å². The Balaban J connectivity index is 2.66. The van der Waals surface area contributed by atoms with Gasteiger partial charge in [0.2, 0.25) is 5.91 Å². The van der Waals surface area contributed by atoms with Crippen LogP contribution in [0.2, 0.25) is 0 Å². The van der Waals surface area contributed by atoms with Crippen molar-refractivity contribution < 1.29 is 14.7 Å². The van der Waals surface area contributed by atoms with Gasteiger partial charge in [0, 0.05) is 6.04 Å². The monoisotopic (exact) mass is 242 g/mol. The summed E-state index contributed by atoms with van der Waals surface area (Å²) in [6.45, 7) is 3.72. The quantitative estimate of drug-likeness (QED) is 0.667. The lowest BCUT2D eigenvalue weighted by Crippen LogP contribution is -2.52. The Morgan fingerprint density at radius 3 is 2.65 bits per heavy atom. The molecule has 17 heavy (non-hydrogen) atoms. The molecule has 1 saturated carbocycles. The molecule has 0 bridgehead atoms. The number of nitrogens with one attached hydrogen (secondary N) is 1. The normalized spacial score (nSPS) is 29.9. The molecule has 0 aromatic carbocycles. The molecule has 0 aromatic heterocycles.